The van der Waals surface area contributed by atoms with Gasteiger partial charge in [-0.3, -0.25) is 9.97 Å². The normalized spacial score (nSPS) is 21.8. The molecule has 2 aliphatic heterocycles. The molecule has 5 nitrogen and oxygen atoms in total. The molecule has 0 amide bonds. The van der Waals surface area contributed by atoms with Crippen molar-refractivity contribution in [2.45, 2.75) is 39.5 Å². The van der Waals surface area contributed by atoms with Crippen molar-refractivity contribution in [2.75, 3.05) is 0 Å². The minimum atomic E-state index is -3.28. The highest BCUT2D eigenvalue weighted by atomic mass is 31.2. The standard InChI is InChI=1S/C43H35N2O3P/c1-26-15-35(24-44-22-26)31-9-4-7-29(18-31)33-13-14-41-39(20-33)47-37-11-6-12-38-43(37)49(41,46)42-28(3)17-34(21-40(42)48-38)30-8-5-10-32(19-30)36-16-27(2)23-45-25-36/h4-6,8-16,18-25,28-29H,7,17H2,1-3H3. The first-order valence-corrected chi connectivity index (χ1v) is 18.6. The zero-order chi connectivity index (χ0) is 33.3. The van der Waals surface area contributed by atoms with Gasteiger partial charge in [-0.05, 0) is 126 Å². The molecule has 0 radical (unpaired) electrons. The van der Waals surface area contributed by atoms with Crippen molar-refractivity contribution in [3.63, 3.8) is 0 Å². The lowest BCUT2D eigenvalue weighted by Crippen LogP contribution is -2.33. The maximum absolute atomic E-state index is 15.9. The Kier molecular flexibility index (Phi) is 6.96. The van der Waals surface area contributed by atoms with E-state index in [0.717, 1.165) is 68.0 Å². The average Bonchev–Trinajstić information content (AvgIpc) is 3.11. The summed E-state index contributed by atoms with van der Waals surface area (Å²) in [4.78, 5) is 8.81. The Morgan fingerprint density at radius 3 is 2.31 bits per heavy atom. The second kappa shape index (κ2) is 11.4. The van der Waals surface area contributed by atoms with Crippen molar-refractivity contribution in [3.8, 4) is 28.4 Å². The summed E-state index contributed by atoms with van der Waals surface area (Å²) in [5.74, 6) is 2.74. The van der Waals surface area contributed by atoms with Crippen LogP contribution >= 0.6 is 7.14 Å². The van der Waals surface area contributed by atoms with E-state index in [9.17, 15) is 0 Å². The third-order valence-electron chi connectivity index (χ3n) is 10.1. The van der Waals surface area contributed by atoms with Gasteiger partial charge in [-0.2, -0.15) is 0 Å². The molecule has 3 atom stereocenters. The maximum atomic E-state index is 15.9. The molecule has 4 heterocycles. The van der Waals surface area contributed by atoms with Crippen LogP contribution in [0.15, 0.2) is 133 Å². The van der Waals surface area contributed by atoms with Crippen molar-refractivity contribution in [2.24, 2.45) is 5.92 Å². The predicted molar refractivity (Wildman–Crippen MR) is 197 cm³/mol. The van der Waals surface area contributed by atoms with Crippen molar-refractivity contribution < 1.29 is 14.0 Å². The molecule has 9 rings (SSSR count). The van der Waals surface area contributed by atoms with E-state index in [1.54, 1.807) is 0 Å². The van der Waals surface area contributed by atoms with Crippen molar-refractivity contribution in [3.05, 3.63) is 161 Å². The molecule has 6 heteroatoms. The van der Waals surface area contributed by atoms with E-state index >= 15 is 4.57 Å². The first kappa shape index (κ1) is 29.9. The Labute approximate surface area is 286 Å². The number of aromatic nitrogens is 2. The summed E-state index contributed by atoms with van der Waals surface area (Å²) in [5, 5.41) is 2.31. The minimum Gasteiger partial charge on any atom is -0.456 e. The van der Waals surface area contributed by atoms with Crippen LogP contribution in [0.5, 0.6) is 17.2 Å². The van der Waals surface area contributed by atoms with Crippen LogP contribution in [0.25, 0.3) is 22.3 Å². The number of rotatable bonds is 4. The topological polar surface area (TPSA) is 61.3 Å². The molecule has 2 aromatic heterocycles. The summed E-state index contributed by atoms with van der Waals surface area (Å²) < 4.78 is 29.1. The third-order valence-corrected chi connectivity index (χ3v) is 13.5. The lowest BCUT2D eigenvalue weighted by atomic mass is 9.87. The highest BCUT2D eigenvalue weighted by molar-refractivity contribution is 7.83. The van der Waals surface area contributed by atoms with E-state index in [2.05, 4.69) is 104 Å². The molecule has 240 valence electrons. The van der Waals surface area contributed by atoms with Gasteiger partial charge in [-0.1, -0.05) is 55.5 Å². The van der Waals surface area contributed by atoms with Crippen molar-refractivity contribution in [1.82, 2.24) is 9.97 Å². The first-order valence-electron chi connectivity index (χ1n) is 16.9. The molecule has 3 aromatic carbocycles. The Morgan fingerprint density at radius 2 is 1.49 bits per heavy atom. The zero-order valence-electron chi connectivity index (χ0n) is 27.7. The van der Waals surface area contributed by atoms with Gasteiger partial charge in [0.15, 0.2) is 7.14 Å². The molecule has 3 unspecified atom stereocenters. The van der Waals surface area contributed by atoms with Crippen LogP contribution in [0.4, 0.5) is 0 Å². The number of ether oxygens (including phenoxy) is 2. The van der Waals surface area contributed by atoms with Crippen LogP contribution in [0, 0.1) is 19.8 Å². The van der Waals surface area contributed by atoms with Gasteiger partial charge < -0.3 is 14.0 Å². The van der Waals surface area contributed by atoms with Crippen LogP contribution in [-0.4, -0.2) is 9.97 Å². The van der Waals surface area contributed by atoms with Gasteiger partial charge >= 0.3 is 0 Å². The SMILES string of the molecule is Cc1cncc(C2=CC(c3ccc4c(c3)Oc3cccc5c3P4(=O)C3=C(C=C(c4cccc(-c6cncc(C)c6)c4)CC3C)O5)CC=C2)c1. The van der Waals surface area contributed by atoms with E-state index in [-0.39, 0.29) is 11.8 Å². The quantitative estimate of drug-likeness (QED) is 0.180. The van der Waals surface area contributed by atoms with E-state index in [1.807, 2.05) is 49.1 Å². The summed E-state index contributed by atoms with van der Waals surface area (Å²) in [6.07, 6.45) is 18.0. The van der Waals surface area contributed by atoms with Gasteiger partial charge in [0.25, 0.3) is 0 Å². The van der Waals surface area contributed by atoms with Gasteiger partial charge in [0.05, 0.1) is 5.30 Å². The number of fused-ring (bicyclic) bond motifs is 3. The predicted octanol–water partition coefficient (Wildman–Crippen LogP) is 10.0. The number of benzene rings is 3. The molecule has 5 aromatic rings. The van der Waals surface area contributed by atoms with Gasteiger partial charge in [0.1, 0.15) is 28.3 Å². The smallest absolute Gasteiger partial charge is 0.182 e. The monoisotopic (exact) mass is 658 g/mol. The van der Waals surface area contributed by atoms with Crippen LogP contribution in [0.1, 0.15) is 53.5 Å². The van der Waals surface area contributed by atoms with Crippen LogP contribution in [-0.2, 0) is 4.57 Å². The Balaban J connectivity index is 1.13. The van der Waals surface area contributed by atoms with Gasteiger partial charge in [-0.15, -0.1) is 0 Å². The molecule has 4 aliphatic rings. The average molecular weight is 659 g/mol. The summed E-state index contributed by atoms with van der Waals surface area (Å²) in [5.41, 5.74) is 10.2. The van der Waals surface area contributed by atoms with Gasteiger partial charge in [0.2, 0.25) is 0 Å². The number of hydrogen-bond donors (Lipinski definition) is 0. The van der Waals surface area contributed by atoms with Crippen molar-refractivity contribution >= 4 is 28.9 Å². The Morgan fingerprint density at radius 1 is 0.755 bits per heavy atom. The molecule has 2 aliphatic carbocycles. The van der Waals surface area contributed by atoms with Gasteiger partial charge in [0, 0.05) is 41.6 Å². The zero-order valence-corrected chi connectivity index (χ0v) is 28.6. The van der Waals surface area contributed by atoms with E-state index in [1.165, 1.54) is 5.57 Å². The summed E-state index contributed by atoms with van der Waals surface area (Å²) in [6, 6.07) is 25.0. The molecule has 0 fully saturated rings. The Hall–Kier alpha value is -5.25. The number of allylic oxidation sites excluding steroid dienone is 7. The second-order valence-corrected chi connectivity index (χ2v) is 16.2. The number of aryl methyl sites for hydroxylation is 2. The molecule has 0 N–H and O–H groups in total. The Bertz CT molecular complexity index is 2380. The molecule has 49 heavy (non-hydrogen) atoms. The third kappa shape index (κ3) is 4.95. The van der Waals surface area contributed by atoms with Crippen LogP contribution in [0.3, 0.4) is 0 Å². The summed E-state index contributed by atoms with van der Waals surface area (Å²) in [6.45, 7) is 6.30. The lowest BCUT2D eigenvalue weighted by molar-refractivity contribution is 0.419. The molecular formula is C43H35N2O3P. The molecule has 0 spiro atoms. The van der Waals surface area contributed by atoms with Crippen molar-refractivity contribution in [1.29, 1.82) is 0 Å². The van der Waals surface area contributed by atoms with Gasteiger partial charge in [-0.25, -0.2) is 0 Å². The summed E-state index contributed by atoms with van der Waals surface area (Å²) in [7, 11) is -3.28. The summed E-state index contributed by atoms with van der Waals surface area (Å²) >= 11 is 0. The molecule has 0 saturated carbocycles. The number of hydrogen-bond acceptors (Lipinski definition) is 5. The fraction of sp³-hybridized carbons (Fsp3) is 0.163. The minimum absolute atomic E-state index is 0.00568. The first-order chi connectivity index (χ1) is 23.8. The van der Waals surface area contributed by atoms with Crippen LogP contribution in [0.2, 0.25) is 0 Å². The fourth-order valence-corrected chi connectivity index (χ4v) is 11.3. The van der Waals surface area contributed by atoms with E-state index < -0.39 is 7.14 Å². The molecule has 0 saturated heterocycles. The highest BCUT2D eigenvalue weighted by Gasteiger charge is 2.50. The fourth-order valence-electron chi connectivity index (χ4n) is 7.83. The second-order valence-electron chi connectivity index (χ2n) is 13.6. The lowest BCUT2D eigenvalue weighted by Gasteiger charge is -2.39. The number of nitrogens with zero attached hydrogens (tertiary/aromatic N) is 2. The molecular weight excluding hydrogens is 623 g/mol. The van der Waals surface area contributed by atoms with Crippen LogP contribution < -0.4 is 20.1 Å². The van der Waals surface area contributed by atoms with E-state index in [4.69, 9.17) is 9.47 Å². The number of pyridine rings is 2. The largest absolute Gasteiger partial charge is 0.456 e. The maximum Gasteiger partial charge on any atom is 0.182 e. The van der Waals surface area contributed by atoms with E-state index in [0.29, 0.717) is 28.3 Å². The highest BCUT2D eigenvalue weighted by Crippen LogP contribution is 2.67. The molecule has 0 bridgehead atoms.